The molecule has 7 heteroatoms. The first-order valence-corrected chi connectivity index (χ1v) is 7.17. The molecule has 0 aromatic carbocycles. The fourth-order valence-electron chi connectivity index (χ4n) is 1.79. The van der Waals surface area contributed by atoms with E-state index in [0.717, 1.165) is 5.75 Å². The van der Waals surface area contributed by atoms with Crippen molar-refractivity contribution in [3.8, 4) is 0 Å². The van der Waals surface area contributed by atoms with E-state index in [1.165, 1.54) is 11.8 Å². The molecule has 1 heterocycles. The number of nitrogens with zero attached hydrogens (tertiary/aromatic N) is 4. The summed E-state index contributed by atoms with van der Waals surface area (Å²) in [5.41, 5.74) is 5.80. The van der Waals surface area contributed by atoms with Crippen LogP contribution in [0.5, 0.6) is 0 Å². The van der Waals surface area contributed by atoms with Crippen LogP contribution in [-0.2, 0) is 4.79 Å². The lowest BCUT2D eigenvalue weighted by molar-refractivity contribution is -0.134. The van der Waals surface area contributed by atoms with Crippen molar-refractivity contribution in [2.24, 2.45) is 0 Å². The fraction of sp³-hybridized carbons (Fsp3) is 0.727. The van der Waals surface area contributed by atoms with Crippen molar-refractivity contribution in [3.05, 3.63) is 0 Å². The molecule has 0 spiro atoms. The van der Waals surface area contributed by atoms with E-state index < -0.39 is 0 Å². The third-order valence-corrected chi connectivity index (χ3v) is 3.61. The van der Waals surface area contributed by atoms with Gasteiger partial charge in [-0.25, -0.2) is 0 Å². The van der Waals surface area contributed by atoms with Gasteiger partial charge in [0.2, 0.25) is 11.9 Å². The van der Waals surface area contributed by atoms with Crippen molar-refractivity contribution >= 4 is 23.6 Å². The molecular formula is C11H21N5OS. The second-order valence-corrected chi connectivity index (χ2v) is 5.06. The number of thioether (sulfide) groups is 1. The summed E-state index contributed by atoms with van der Waals surface area (Å²) >= 11 is 1.53. The fourth-order valence-corrected chi connectivity index (χ4v) is 2.54. The molecule has 0 bridgehead atoms. The van der Waals surface area contributed by atoms with Gasteiger partial charge in [-0.2, -0.15) is 0 Å². The van der Waals surface area contributed by atoms with Crippen molar-refractivity contribution in [3.63, 3.8) is 0 Å². The summed E-state index contributed by atoms with van der Waals surface area (Å²) < 4.78 is 1.70. The van der Waals surface area contributed by atoms with Crippen molar-refractivity contribution in [1.82, 2.24) is 19.7 Å². The summed E-state index contributed by atoms with van der Waals surface area (Å²) in [7, 11) is 0. The maximum atomic E-state index is 12.3. The molecule has 102 valence electrons. The number of rotatable bonds is 6. The molecular weight excluding hydrogens is 250 g/mol. The molecule has 0 saturated carbocycles. The highest BCUT2D eigenvalue weighted by Gasteiger charge is 2.24. The average molecular weight is 271 g/mol. The smallest absolute Gasteiger partial charge is 0.245 e. The Labute approximate surface area is 112 Å². The predicted molar refractivity (Wildman–Crippen MR) is 73.5 cm³/mol. The number of aromatic nitrogens is 3. The van der Waals surface area contributed by atoms with E-state index in [1.54, 1.807) is 9.47 Å². The van der Waals surface area contributed by atoms with Crippen LogP contribution >= 0.6 is 11.8 Å². The normalized spacial score (nSPS) is 12.4. The van der Waals surface area contributed by atoms with Gasteiger partial charge in [-0.3, -0.25) is 9.36 Å². The number of likely N-dealkylation sites (N-methyl/N-ethyl adjacent to an activating group) is 1. The van der Waals surface area contributed by atoms with E-state index in [2.05, 4.69) is 10.2 Å². The maximum Gasteiger partial charge on any atom is 0.245 e. The second kappa shape index (κ2) is 6.63. The highest BCUT2D eigenvalue weighted by molar-refractivity contribution is 7.99. The van der Waals surface area contributed by atoms with Gasteiger partial charge in [-0.15, -0.1) is 10.2 Å². The molecule has 1 rings (SSSR count). The summed E-state index contributed by atoms with van der Waals surface area (Å²) in [6.45, 7) is 9.17. The standard InChI is InChI=1S/C11H21N5OS/c1-5-15(6-2)9(17)8(4)16-10(12)13-14-11(16)18-7-3/h8H,5-7H2,1-4H3,(H2,12,13). The van der Waals surface area contributed by atoms with Crippen LogP contribution in [0, 0.1) is 0 Å². The lowest BCUT2D eigenvalue weighted by atomic mass is 10.3. The zero-order chi connectivity index (χ0) is 13.7. The average Bonchev–Trinajstić information content (AvgIpc) is 2.71. The van der Waals surface area contributed by atoms with Gasteiger partial charge in [-0.1, -0.05) is 18.7 Å². The highest BCUT2D eigenvalue weighted by atomic mass is 32.2. The Morgan fingerprint density at radius 2 is 2.00 bits per heavy atom. The molecule has 1 atom stereocenters. The van der Waals surface area contributed by atoms with E-state index in [1.807, 2.05) is 27.7 Å². The monoisotopic (exact) mass is 271 g/mol. The summed E-state index contributed by atoms with van der Waals surface area (Å²) in [5, 5.41) is 8.55. The topological polar surface area (TPSA) is 77.0 Å². The first-order valence-electron chi connectivity index (χ1n) is 6.18. The Bertz CT molecular complexity index is 402. The molecule has 0 aliphatic heterocycles. The zero-order valence-electron chi connectivity index (χ0n) is 11.4. The lowest BCUT2D eigenvalue weighted by Crippen LogP contribution is -2.36. The maximum absolute atomic E-state index is 12.3. The van der Waals surface area contributed by atoms with Gasteiger partial charge in [0, 0.05) is 13.1 Å². The first kappa shape index (κ1) is 14.8. The van der Waals surface area contributed by atoms with Crippen molar-refractivity contribution < 1.29 is 4.79 Å². The van der Waals surface area contributed by atoms with Gasteiger partial charge in [0.1, 0.15) is 6.04 Å². The SMILES string of the molecule is CCSc1nnc(N)n1C(C)C(=O)N(CC)CC. The third-order valence-electron chi connectivity index (χ3n) is 2.78. The van der Waals surface area contributed by atoms with Crippen LogP contribution in [0.15, 0.2) is 5.16 Å². The van der Waals surface area contributed by atoms with Gasteiger partial charge >= 0.3 is 0 Å². The molecule has 2 N–H and O–H groups in total. The Morgan fingerprint density at radius 1 is 1.39 bits per heavy atom. The second-order valence-electron chi connectivity index (χ2n) is 3.83. The summed E-state index contributed by atoms with van der Waals surface area (Å²) in [6, 6.07) is -0.367. The number of hydrogen-bond acceptors (Lipinski definition) is 5. The highest BCUT2D eigenvalue weighted by Crippen LogP contribution is 2.23. The van der Waals surface area contributed by atoms with Crippen LogP contribution in [0.3, 0.4) is 0 Å². The molecule has 0 radical (unpaired) electrons. The van der Waals surface area contributed by atoms with Crippen molar-refractivity contribution in [1.29, 1.82) is 0 Å². The molecule has 0 saturated heterocycles. The molecule has 6 nitrogen and oxygen atoms in total. The molecule has 1 aromatic heterocycles. The van der Waals surface area contributed by atoms with Crippen molar-refractivity contribution in [2.45, 2.75) is 38.9 Å². The Hall–Kier alpha value is -1.24. The van der Waals surface area contributed by atoms with E-state index in [9.17, 15) is 4.79 Å². The molecule has 18 heavy (non-hydrogen) atoms. The Kier molecular flexibility index (Phi) is 5.46. The third kappa shape index (κ3) is 2.95. The minimum atomic E-state index is -0.367. The largest absolute Gasteiger partial charge is 0.368 e. The number of anilines is 1. The van der Waals surface area contributed by atoms with Crippen LogP contribution in [0.2, 0.25) is 0 Å². The van der Waals surface area contributed by atoms with Gasteiger partial charge in [-0.05, 0) is 26.5 Å². The molecule has 1 amide bonds. The summed E-state index contributed by atoms with van der Waals surface area (Å²) in [4.78, 5) is 14.1. The van der Waals surface area contributed by atoms with Gasteiger partial charge in [0.15, 0.2) is 5.16 Å². The van der Waals surface area contributed by atoms with E-state index in [4.69, 9.17) is 5.73 Å². The number of amides is 1. The number of nitrogen functional groups attached to an aromatic ring is 1. The van der Waals surface area contributed by atoms with Crippen LogP contribution in [0.4, 0.5) is 5.95 Å². The zero-order valence-corrected chi connectivity index (χ0v) is 12.2. The predicted octanol–water partition coefficient (Wildman–Crippen LogP) is 1.40. The van der Waals surface area contributed by atoms with Gasteiger partial charge < -0.3 is 10.6 Å². The Morgan fingerprint density at radius 3 is 2.50 bits per heavy atom. The van der Waals surface area contributed by atoms with Crippen LogP contribution < -0.4 is 5.73 Å². The van der Waals surface area contributed by atoms with Gasteiger partial charge in [0.05, 0.1) is 0 Å². The van der Waals surface area contributed by atoms with E-state index in [0.29, 0.717) is 24.2 Å². The minimum Gasteiger partial charge on any atom is -0.368 e. The minimum absolute atomic E-state index is 0.0458. The van der Waals surface area contributed by atoms with Gasteiger partial charge in [0.25, 0.3) is 0 Å². The van der Waals surface area contributed by atoms with Crippen molar-refractivity contribution in [2.75, 3.05) is 24.6 Å². The number of hydrogen-bond donors (Lipinski definition) is 1. The lowest BCUT2D eigenvalue weighted by Gasteiger charge is -2.24. The van der Waals surface area contributed by atoms with Crippen LogP contribution in [-0.4, -0.2) is 44.4 Å². The Balaban J connectivity index is 2.98. The summed E-state index contributed by atoms with van der Waals surface area (Å²) in [5.74, 6) is 1.20. The van der Waals surface area contributed by atoms with Crippen LogP contribution in [0.25, 0.3) is 0 Å². The molecule has 0 aliphatic rings. The summed E-state index contributed by atoms with van der Waals surface area (Å²) in [6.07, 6.45) is 0. The molecule has 0 aliphatic carbocycles. The first-order chi connectivity index (χ1) is 8.56. The van der Waals surface area contributed by atoms with E-state index in [-0.39, 0.29) is 11.9 Å². The van der Waals surface area contributed by atoms with Crippen LogP contribution in [0.1, 0.15) is 33.7 Å². The molecule has 1 aromatic rings. The number of carbonyl (C=O) groups is 1. The number of carbonyl (C=O) groups excluding carboxylic acids is 1. The quantitative estimate of drug-likeness (QED) is 0.791. The van der Waals surface area contributed by atoms with E-state index >= 15 is 0 Å². The molecule has 0 fully saturated rings. The number of nitrogens with two attached hydrogens (primary N) is 1. The molecule has 1 unspecified atom stereocenters.